The van der Waals surface area contributed by atoms with Crippen molar-refractivity contribution in [2.24, 2.45) is 0 Å². The van der Waals surface area contributed by atoms with Gasteiger partial charge in [0.2, 0.25) is 15.9 Å². The SMILES string of the molecule is CCOc1ccc(NC(=O)CCCOc2ccc(OC)cc2)cc1S(=O)(=O)N1CCCC1. The Balaban J connectivity index is 1.58. The molecular formula is C23H30N2O6S. The number of amides is 1. The molecule has 8 nitrogen and oxygen atoms in total. The molecule has 1 N–H and O–H groups in total. The molecule has 1 aliphatic heterocycles. The van der Waals surface area contributed by atoms with E-state index in [-0.39, 0.29) is 17.2 Å². The third-order valence-corrected chi connectivity index (χ3v) is 7.01. The average molecular weight is 463 g/mol. The maximum absolute atomic E-state index is 13.1. The number of rotatable bonds is 11. The van der Waals surface area contributed by atoms with Crippen LogP contribution in [0.4, 0.5) is 5.69 Å². The summed E-state index contributed by atoms with van der Waals surface area (Å²) in [6, 6.07) is 11.9. The molecule has 1 saturated heterocycles. The summed E-state index contributed by atoms with van der Waals surface area (Å²) in [5.41, 5.74) is 0.423. The van der Waals surface area contributed by atoms with Crippen molar-refractivity contribution in [1.29, 1.82) is 0 Å². The maximum atomic E-state index is 13.1. The minimum absolute atomic E-state index is 0.0851. The van der Waals surface area contributed by atoms with Crippen LogP contribution in [0.15, 0.2) is 47.4 Å². The normalized spacial score (nSPS) is 14.2. The second-order valence-corrected chi connectivity index (χ2v) is 9.29. The van der Waals surface area contributed by atoms with Crippen molar-refractivity contribution in [3.05, 3.63) is 42.5 Å². The monoisotopic (exact) mass is 462 g/mol. The van der Waals surface area contributed by atoms with Gasteiger partial charge in [0.15, 0.2) is 0 Å². The molecule has 1 heterocycles. The van der Waals surface area contributed by atoms with E-state index < -0.39 is 10.0 Å². The summed E-state index contributed by atoms with van der Waals surface area (Å²) in [6.07, 6.45) is 2.46. The molecule has 0 atom stereocenters. The van der Waals surface area contributed by atoms with Gasteiger partial charge in [-0.1, -0.05) is 0 Å². The van der Waals surface area contributed by atoms with Crippen LogP contribution in [0.1, 0.15) is 32.6 Å². The molecule has 9 heteroatoms. The lowest BCUT2D eigenvalue weighted by molar-refractivity contribution is -0.116. The van der Waals surface area contributed by atoms with Crippen LogP contribution in [0.2, 0.25) is 0 Å². The highest BCUT2D eigenvalue weighted by atomic mass is 32.2. The van der Waals surface area contributed by atoms with Gasteiger partial charge in [-0.15, -0.1) is 0 Å². The fourth-order valence-corrected chi connectivity index (χ4v) is 5.12. The Hall–Kier alpha value is -2.78. The number of hydrogen-bond donors (Lipinski definition) is 1. The molecule has 3 rings (SSSR count). The zero-order chi connectivity index (χ0) is 23.0. The molecule has 0 spiro atoms. The Bertz CT molecular complexity index is 1000. The minimum atomic E-state index is -3.68. The van der Waals surface area contributed by atoms with Gasteiger partial charge in [-0.05, 0) is 68.7 Å². The third-order valence-electron chi connectivity index (χ3n) is 5.09. The van der Waals surface area contributed by atoms with Gasteiger partial charge in [-0.25, -0.2) is 8.42 Å². The van der Waals surface area contributed by atoms with Crippen molar-refractivity contribution in [3.63, 3.8) is 0 Å². The van der Waals surface area contributed by atoms with Crippen molar-refractivity contribution in [3.8, 4) is 17.2 Å². The maximum Gasteiger partial charge on any atom is 0.246 e. The number of nitrogens with one attached hydrogen (secondary N) is 1. The van der Waals surface area contributed by atoms with E-state index in [0.29, 0.717) is 49.9 Å². The Kier molecular flexibility index (Phi) is 8.35. The van der Waals surface area contributed by atoms with E-state index >= 15 is 0 Å². The average Bonchev–Trinajstić information content (AvgIpc) is 3.34. The van der Waals surface area contributed by atoms with Crippen LogP contribution in [-0.4, -0.2) is 52.0 Å². The number of ether oxygens (including phenoxy) is 3. The highest BCUT2D eigenvalue weighted by Gasteiger charge is 2.30. The first kappa shape index (κ1) is 23.9. The van der Waals surface area contributed by atoms with Gasteiger partial charge in [-0.2, -0.15) is 4.31 Å². The Labute approximate surface area is 189 Å². The highest BCUT2D eigenvalue weighted by molar-refractivity contribution is 7.89. The van der Waals surface area contributed by atoms with Gasteiger partial charge in [0.05, 0.1) is 20.3 Å². The van der Waals surface area contributed by atoms with Gasteiger partial charge in [0.25, 0.3) is 0 Å². The molecule has 1 fully saturated rings. The molecule has 0 bridgehead atoms. The van der Waals surface area contributed by atoms with E-state index in [1.807, 2.05) is 12.1 Å². The summed E-state index contributed by atoms with van der Waals surface area (Å²) in [5, 5.41) is 2.78. The zero-order valence-corrected chi connectivity index (χ0v) is 19.3. The van der Waals surface area contributed by atoms with Crippen LogP contribution >= 0.6 is 0 Å². The molecule has 1 amide bonds. The number of hydrogen-bond acceptors (Lipinski definition) is 6. The summed E-state index contributed by atoms with van der Waals surface area (Å²) in [6.45, 7) is 3.54. The lowest BCUT2D eigenvalue weighted by atomic mass is 10.2. The Morgan fingerprint density at radius 2 is 1.72 bits per heavy atom. The fourth-order valence-electron chi connectivity index (χ4n) is 3.45. The molecule has 1 aliphatic rings. The van der Waals surface area contributed by atoms with Crippen LogP contribution in [0, 0.1) is 0 Å². The highest BCUT2D eigenvalue weighted by Crippen LogP contribution is 2.31. The van der Waals surface area contributed by atoms with E-state index in [2.05, 4.69) is 5.32 Å². The summed E-state index contributed by atoms with van der Waals surface area (Å²) in [7, 11) is -2.08. The lowest BCUT2D eigenvalue weighted by Crippen LogP contribution is -2.28. The van der Waals surface area contributed by atoms with Crippen LogP contribution in [0.25, 0.3) is 0 Å². The van der Waals surface area contributed by atoms with Crippen molar-refractivity contribution in [2.75, 3.05) is 38.7 Å². The number of carbonyl (C=O) groups is 1. The van der Waals surface area contributed by atoms with Crippen molar-refractivity contribution in [1.82, 2.24) is 4.31 Å². The molecule has 0 saturated carbocycles. The largest absolute Gasteiger partial charge is 0.497 e. The van der Waals surface area contributed by atoms with Gasteiger partial charge in [0, 0.05) is 25.2 Å². The number of benzene rings is 2. The molecule has 32 heavy (non-hydrogen) atoms. The van der Waals surface area contributed by atoms with Crippen molar-refractivity contribution < 1.29 is 27.4 Å². The Morgan fingerprint density at radius 1 is 1.03 bits per heavy atom. The molecule has 2 aromatic carbocycles. The van der Waals surface area contributed by atoms with E-state index in [1.165, 1.54) is 10.4 Å². The van der Waals surface area contributed by atoms with E-state index in [4.69, 9.17) is 14.2 Å². The van der Waals surface area contributed by atoms with Gasteiger partial charge >= 0.3 is 0 Å². The van der Waals surface area contributed by atoms with Crippen molar-refractivity contribution >= 4 is 21.6 Å². The summed E-state index contributed by atoms with van der Waals surface area (Å²) < 4.78 is 43.9. The number of anilines is 1. The number of methoxy groups -OCH3 is 1. The van der Waals surface area contributed by atoms with Crippen LogP contribution in [0.3, 0.4) is 0 Å². The fraction of sp³-hybridized carbons (Fsp3) is 0.435. The van der Waals surface area contributed by atoms with Crippen LogP contribution < -0.4 is 19.5 Å². The molecule has 0 aromatic heterocycles. The first-order valence-electron chi connectivity index (χ1n) is 10.8. The van der Waals surface area contributed by atoms with E-state index in [1.54, 1.807) is 38.3 Å². The predicted molar refractivity (Wildman–Crippen MR) is 122 cm³/mol. The molecule has 0 aliphatic carbocycles. The molecule has 0 unspecified atom stereocenters. The molecule has 2 aromatic rings. The lowest BCUT2D eigenvalue weighted by Gasteiger charge is -2.19. The third kappa shape index (κ3) is 6.14. The second kappa shape index (κ2) is 11.2. The van der Waals surface area contributed by atoms with Crippen molar-refractivity contribution in [2.45, 2.75) is 37.5 Å². The summed E-state index contributed by atoms with van der Waals surface area (Å²) in [4.78, 5) is 12.4. The van der Waals surface area contributed by atoms with Crippen LogP contribution in [-0.2, 0) is 14.8 Å². The van der Waals surface area contributed by atoms with Gasteiger partial charge in [-0.3, -0.25) is 4.79 Å². The summed E-state index contributed by atoms with van der Waals surface area (Å²) in [5.74, 6) is 1.54. The molecule has 0 radical (unpaired) electrons. The first-order chi connectivity index (χ1) is 15.4. The minimum Gasteiger partial charge on any atom is -0.497 e. The van der Waals surface area contributed by atoms with Crippen LogP contribution in [0.5, 0.6) is 17.2 Å². The number of sulfonamides is 1. The standard InChI is InChI=1S/C23H30N2O6S/c1-3-30-21-13-8-18(17-22(21)32(27,28)25-14-4-5-15-25)24-23(26)7-6-16-31-20-11-9-19(29-2)10-12-20/h8-13,17H,3-7,14-16H2,1-2H3,(H,24,26). The van der Waals surface area contributed by atoms with Gasteiger partial charge < -0.3 is 19.5 Å². The van der Waals surface area contributed by atoms with E-state index in [0.717, 1.165) is 18.6 Å². The number of carbonyl (C=O) groups excluding carboxylic acids is 1. The van der Waals surface area contributed by atoms with E-state index in [9.17, 15) is 13.2 Å². The quantitative estimate of drug-likeness (QED) is 0.512. The second-order valence-electron chi connectivity index (χ2n) is 7.38. The predicted octanol–water partition coefficient (Wildman–Crippen LogP) is 3.68. The zero-order valence-electron chi connectivity index (χ0n) is 18.5. The first-order valence-corrected chi connectivity index (χ1v) is 12.2. The Morgan fingerprint density at radius 3 is 2.38 bits per heavy atom. The molecular weight excluding hydrogens is 432 g/mol. The smallest absolute Gasteiger partial charge is 0.246 e. The topological polar surface area (TPSA) is 94.2 Å². The molecule has 174 valence electrons. The summed E-state index contributed by atoms with van der Waals surface area (Å²) >= 11 is 0. The number of nitrogens with zero attached hydrogens (tertiary/aromatic N) is 1. The van der Waals surface area contributed by atoms with Gasteiger partial charge in [0.1, 0.15) is 22.1 Å².